The molecule has 1 aliphatic rings. The minimum absolute atomic E-state index is 0.212. The summed E-state index contributed by atoms with van der Waals surface area (Å²) in [6, 6.07) is 8.54. The first kappa shape index (κ1) is 19.6. The first-order valence-corrected chi connectivity index (χ1v) is 11.1. The first-order valence-electron chi connectivity index (χ1n) is 9.69. The summed E-state index contributed by atoms with van der Waals surface area (Å²) in [5.74, 6) is -2.36. The molecule has 1 saturated carbocycles. The van der Waals surface area contributed by atoms with Crippen LogP contribution in [0.25, 0.3) is 22.2 Å². The van der Waals surface area contributed by atoms with Crippen molar-refractivity contribution in [2.75, 3.05) is 6.61 Å². The molecule has 0 unspecified atom stereocenters. The van der Waals surface area contributed by atoms with E-state index in [1.54, 1.807) is 30.6 Å². The highest BCUT2D eigenvalue weighted by Crippen LogP contribution is 2.33. The molecule has 1 fully saturated rings. The molecule has 158 valence electrons. The highest BCUT2D eigenvalue weighted by Gasteiger charge is 2.27. The number of hydrogen-bond acceptors (Lipinski definition) is 5. The minimum atomic E-state index is -4.28. The number of rotatable bonds is 6. The zero-order chi connectivity index (χ0) is 21.6. The average molecular weight is 441 g/mol. The van der Waals surface area contributed by atoms with Gasteiger partial charge in [0, 0.05) is 29.5 Å². The van der Waals surface area contributed by atoms with Crippen molar-refractivity contribution < 1.29 is 21.9 Å². The third kappa shape index (κ3) is 3.54. The van der Waals surface area contributed by atoms with Crippen molar-refractivity contribution in [3.63, 3.8) is 0 Å². The van der Waals surface area contributed by atoms with Gasteiger partial charge in [0.05, 0.1) is 28.9 Å². The molecular weight excluding hydrogens is 424 g/mol. The summed E-state index contributed by atoms with van der Waals surface area (Å²) < 4.78 is 61.6. The molecule has 1 aromatic carbocycles. The lowest BCUT2D eigenvalue weighted by atomic mass is 10.1. The molecule has 9 heteroatoms. The van der Waals surface area contributed by atoms with Crippen LogP contribution in [0.1, 0.15) is 12.8 Å². The summed E-state index contributed by atoms with van der Waals surface area (Å²) in [6.07, 6.45) is 7.86. The van der Waals surface area contributed by atoms with Crippen LogP contribution in [0.2, 0.25) is 0 Å². The SMILES string of the molecule is O=S(=O)(c1cc(F)c(OCC2CC2)c(F)c1)n1ccc2c(-c3ccccn3)cncc21. The van der Waals surface area contributed by atoms with Gasteiger partial charge in [-0.05, 0) is 49.1 Å². The Morgan fingerprint density at radius 3 is 2.55 bits per heavy atom. The van der Waals surface area contributed by atoms with Gasteiger partial charge in [0.2, 0.25) is 0 Å². The lowest BCUT2D eigenvalue weighted by molar-refractivity contribution is 0.269. The number of halogens is 2. The van der Waals surface area contributed by atoms with Crippen molar-refractivity contribution in [1.82, 2.24) is 13.9 Å². The molecule has 0 saturated heterocycles. The van der Waals surface area contributed by atoms with Gasteiger partial charge in [0.15, 0.2) is 17.4 Å². The second-order valence-electron chi connectivity index (χ2n) is 7.42. The van der Waals surface area contributed by atoms with Gasteiger partial charge in [-0.3, -0.25) is 9.97 Å². The molecule has 3 heterocycles. The second kappa shape index (κ2) is 7.42. The van der Waals surface area contributed by atoms with Crippen LogP contribution in [0, 0.1) is 17.6 Å². The Morgan fingerprint density at radius 2 is 1.87 bits per heavy atom. The van der Waals surface area contributed by atoms with E-state index in [1.807, 2.05) is 6.07 Å². The Kier molecular flexibility index (Phi) is 4.70. The van der Waals surface area contributed by atoms with Crippen LogP contribution in [-0.2, 0) is 10.0 Å². The number of pyridine rings is 2. The Morgan fingerprint density at radius 1 is 1.10 bits per heavy atom. The van der Waals surface area contributed by atoms with Crippen molar-refractivity contribution >= 4 is 20.9 Å². The smallest absolute Gasteiger partial charge is 0.268 e. The van der Waals surface area contributed by atoms with Crippen LogP contribution >= 0.6 is 0 Å². The van der Waals surface area contributed by atoms with E-state index < -0.39 is 32.3 Å². The molecule has 1 aliphatic carbocycles. The molecule has 0 amide bonds. The molecule has 31 heavy (non-hydrogen) atoms. The number of benzene rings is 1. The molecule has 6 nitrogen and oxygen atoms in total. The van der Waals surface area contributed by atoms with E-state index in [-0.39, 0.29) is 12.1 Å². The maximum atomic E-state index is 14.5. The van der Waals surface area contributed by atoms with E-state index in [2.05, 4.69) is 9.97 Å². The quantitative estimate of drug-likeness (QED) is 0.443. The summed E-state index contributed by atoms with van der Waals surface area (Å²) in [5.41, 5.74) is 1.55. The molecule has 0 radical (unpaired) electrons. The van der Waals surface area contributed by atoms with Crippen LogP contribution in [0.15, 0.2) is 66.1 Å². The van der Waals surface area contributed by atoms with Gasteiger partial charge in [-0.15, -0.1) is 0 Å². The van der Waals surface area contributed by atoms with E-state index in [1.165, 1.54) is 12.4 Å². The van der Waals surface area contributed by atoms with Crippen LogP contribution in [0.4, 0.5) is 8.78 Å². The number of fused-ring (bicyclic) bond motifs is 1. The Balaban J connectivity index is 1.57. The van der Waals surface area contributed by atoms with E-state index in [9.17, 15) is 17.2 Å². The van der Waals surface area contributed by atoms with E-state index in [0.29, 0.717) is 22.6 Å². The molecule has 0 atom stereocenters. The molecule has 3 aromatic heterocycles. The Bertz CT molecular complexity index is 1360. The third-order valence-electron chi connectivity index (χ3n) is 5.21. The molecule has 0 bridgehead atoms. The van der Waals surface area contributed by atoms with Gasteiger partial charge >= 0.3 is 0 Å². The van der Waals surface area contributed by atoms with Gasteiger partial charge in [-0.1, -0.05) is 6.07 Å². The fraction of sp³-hybridized carbons (Fsp3) is 0.182. The van der Waals surface area contributed by atoms with Crippen LogP contribution in [0.3, 0.4) is 0 Å². The summed E-state index contributed by atoms with van der Waals surface area (Å²) in [7, 11) is -4.28. The Hall–Kier alpha value is -3.33. The van der Waals surface area contributed by atoms with Crippen LogP contribution < -0.4 is 4.74 Å². The second-order valence-corrected chi connectivity index (χ2v) is 9.24. The molecule has 0 spiro atoms. The summed E-state index contributed by atoms with van der Waals surface area (Å²) in [5, 5.41) is 0.600. The van der Waals surface area contributed by atoms with Crippen LogP contribution in [0.5, 0.6) is 5.75 Å². The standard InChI is InChI=1S/C22H17F2N3O3S/c23-18-9-15(10-19(24)22(18)30-13-14-4-5-14)31(28,29)27-8-6-16-17(11-25-12-21(16)27)20-3-1-2-7-26-20/h1-3,6-12,14H,4-5,13H2. The zero-order valence-corrected chi connectivity index (χ0v) is 17.0. The maximum absolute atomic E-state index is 14.5. The summed E-state index contributed by atoms with van der Waals surface area (Å²) in [4.78, 5) is 7.90. The average Bonchev–Trinajstić information content (AvgIpc) is 3.48. The lowest BCUT2D eigenvalue weighted by Gasteiger charge is -2.12. The van der Waals surface area contributed by atoms with Gasteiger partial charge in [-0.2, -0.15) is 0 Å². The van der Waals surface area contributed by atoms with Gasteiger partial charge < -0.3 is 4.74 Å². The summed E-state index contributed by atoms with van der Waals surface area (Å²) in [6.45, 7) is 0.212. The highest BCUT2D eigenvalue weighted by molar-refractivity contribution is 7.90. The highest BCUT2D eigenvalue weighted by atomic mass is 32.2. The lowest BCUT2D eigenvalue weighted by Crippen LogP contribution is -2.13. The molecular formula is C22H17F2N3O3S. The van der Waals surface area contributed by atoms with Gasteiger partial charge in [0.25, 0.3) is 10.0 Å². The van der Waals surface area contributed by atoms with Crippen LogP contribution in [-0.4, -0.2) is 29.0 Å². The number of hydrogen-bond donors (Lipinski definition) is 0. The minimum Gasteiger partial charge on any atom is -0.487 e. The fourth-order valence-corrected chi connectivity index (χ4v) is 4.75. The van der Waals surface area contributed by atoms with Crippen molar-refractivity contribution in [3.8, 4) is 17.0 Å². The zero-order valence-electron chi connectivity index (χ0n) is 16.2. The monoisotopic (exact) mass is 441 g/mol. The van der Waals surface area contributed by atoms with E-state index in [0.717, 1.165) is 28.9 Å². The van der Waals surface area contributed by atoms with Crippen molar-refractivity contribution in [2.45, 2.75) is 17.7 Å². The van der Waals surface area contributed by atoms with Crippen molar-refractivity contribution in [3.05, 3.63) is 72.8 Å². The number of aromatic nitrogens is 3. The fourth-order valence-electron chi connectivity index (χ4n) is 3.39. The summed E-state index contributed by atoms with van der Waals surface area (Å²) >= 11 is 0. The largest absolute Gasteiger partial charge is 0.487 e. The normalized spacial score (nSPS) is 14.1. The number of ether oxygens (including phenoxy) is 1. The molecule has 0 N–H and O–H groups in total. The van der Waals surface area contributed by atoms with E-state index >= 15 is 0 Å². The third-order valence-corrected chi connectivity index (χ3v) is 6.88. The van der Waals surface area contributed by atoms with Crippen molar-refractivity contribution in [1.29, 1.82) is 0 Å². The predicted octanol–water partition coefficient (Wildman–Crippen LogP) is 4.40. The molecule has 4 aromatic rings. The predicted molar refractivity (Wildman–Crippen MR) is 110 cm³/mol. The molecule has 0 aliphatic heterocycles. The van der Waals surface area contributed by atoms with Gasteiger partial charge in [0.1, 0.15) is 0 Å². The number of nitrogens with zero attached hydrogens (tertiary/aromatic N) is 3. The van der Waals surface area contributed by atoms with Gasteiger partial charge in [-0.25, -0.2) is 21.2 Å². The van der Waals surface area contributed by atoms with Crippen molar-refractivity contribution in [2.24, 2.45) is 5.92 Å². The van der Waals surface area contributed by atoms with E-state index in [4.69, 9.17) is 4.74 Å². The Labute approximate surface area is 177 Å². The molecule has 5 rings (SSSR count). The topological polar surface area (TPSA) is 74.1 Å². The maximum Gasteiger partial charge on any atom is 0.268 e. The first-order chi connectivity index (χ1) is 14.9.